The van der Waals surface area contributed by atoms with Crippen molar-refractivity contribution in [3.05, 3.63) is 36.2 Å². The number of anilines is 1. The Hall–Kier alpha value is -3.11. The lowest BCUT2D eigenvalue weighted by atomic mass is 9.99. The molecule has 144 valence electrons. The third-order valence-corrected chi connectivity index (χ3v) is 4.19. The number of nitrogens with zero attached hydrogens (tertiary/aromatic N) is 4. The van der Waals surface area contributed by atoms with E-state index < -0.39 is 35.5 Å². The maximum absolute atomic E-state index is 13.1. The van der Waals surface area contributed by atoms with E-state index in [1.807, 2.05) is 0 Å². The number of alkyl halides is 3. The zero-order valence-corrected chi connectivity index (χ0v) is 14.0. The van der Waals surface area contributed by atoms with Crippen molar-refractivity contribution in [2.24, 2.45) is 5.92 Å². The molecule has 1 unspecified atom stereocenters. The molecule has 0 bridgehead atoms. The van der Waals surface area contributed by atoms with E-state index in [0.29, 0.717) is 19.4 Å². The van der Waals surface area contributed by atoms with Gasteiger partial charge in [0.25, 0.3) is 0 Å². The molecule has 2 amide bonds. The highest BCUT2D eigenvalue weighted by Gasteiger charge is 2.35. The van der Waals surface area contributed by atoms with Crippen molar-refractivity contribution < 1.29 is 27.9 Å². The van der Waals surface area contributed by atoms with Crippen molar-refractivity contribution in [1.82, 2.24) is 19.7 Å². The fraction of sp³-hybridized carbons (Fsp3) is 0.375. The number of piperidine rings is 1. The average molecular weight is 383 g/mol. The minimum atomic E-state index is -4.60. The van der Waals surface area contributed by atoms with Crippen LogP contribution < -0.4 is 5.32 Å². The molecule has 0 aromatic carbocycles. The number of halogens is 3. The van der Waals surface area contributed by atoms with Gasteiger partial charge in [-0.15, -0.1) is 5.10 Å². The molecule has 27 heavy (non-hydrogen) atoms. The number of carboxylic acids is 1. The Bertz CT molecular complexity index is 852. The largest absolute Gasteiger partial charge is 0.481 e. The van der Waals surface area contributed by atoms with E-state index in [9.17, 15) is 22.8 Å². The smallest absolute Gasteiger partial charge is 0.420 e. The number of aliphatic carboxylic acids is 1. The molecule has 1 saturated heterocycles. The van der Waals surface area contributed by atoms with Crippen LogP contribution in [0.1, 0.15) is 18.4 Å². The number of aromatic nitrogens is 3. The number of hydrogen-bond acceptors (Lipinski definition) is 4. The molecule has 1 aliphatic rings. The maximum atomic E-state index is 13.1. The van der Waals surface area contributed by atoms with Crippen LogP contribution in [0.5, 0.6) is 0 Å². The third-order valence-electron chi connectivity index (χ3n) is 4.19. The zero-order valence-electron chi connectivity index (χ0n) is 14.0. The van der Waals surface area contributed by atoms with E-state index in [4.69, 9.17) is 5.11 Å². The van der Waals surface area contributed by atoms with Crippen molar-refractivity contribution in [2.75, 3.05) is 18.4 Å². The number of carbonyl (C=O) groups is 2. The number of carbonyl (C=O) groups excluding carboxylic acids is 1. The Kier molecular flexibility index (Phi) is 5.02. The lowest BCUT2D eigenvalue weighted by Gasteiger charge is -2.30. The first kappa shape index (κ1) is 18.7. The summed E-state index contributed by atoms with van der Waals surface area (Å²) in [5.41, 5.74) is -0.952. The van der Waals surface area contributed by atoms with Gasteiger partial charge in [-0.1, -0.05) is 0 Å². The van der Waals surface area contributed by atoms with Gasteiger partial charge in [-0.2, -0.15) is 13.2 Å². The number of pyridine rings is 1. The van der Waals surface area contributed by atoms with Crippen LogP contribution in [0.25, 0.3) is 5.82 Å². The second kappa shape index (κ2) is 7.25. The third kappa shape index (κ3) is 4.18. The van der Waals surface area contributed by atoms with Crippen molar-refractivity contribution in [3.8, 4) is 5.82 Å². The monoisotopic (exact) mass is 383 g/mol. The molecule has 1 atom stereocenters. The SMILES string of the molecule is O=C(O)C1CCCN(C(=O)Nc2ccn(-c3ncccc3C(F)(F)F)n2)C1. The van der Waals surface area contributed by atoms with Crippen LogP contribution in [-0.4, -0.2) is 49.9 Å². The summed E-state index contributed by atoms with van der Waals surface area (Å²) in [5.74, 6) is -1.97. The fourth-order valence-electron chi connectivity index (χ4n) is 2.86. The molecule has 0 spiro atoms. The Morgan fingerprint density at radius 1 is 1.30 bits per heavy atom. The number of likely N-dealkylation sites (tertiary alicyclic amines) is 1. The molecule has 2 aromatic rings. The van der Waals surface area contributed by atoms with Gasteiger partial charge in [-0.05, 0) is 25.0 Å². The van der Waals surface area contributed by atoms with E-state index in [0.717, 1.165) is 10.7 Å². The number of rotatable bonds is 3. The summed E-state index contributed by atoms with van der Waals surface area (Å²) in [6.07, 6.45) is -1.08. The molecule has 0 radical (unpaired) electrons. The van der Waals surface area contributed by atoms with E-state index in [-0.39, 0.29) is 12.4 Å². The molecular formula is C16H16F3N5O3. The minimum absolute atomic E-state index is 0.0382. The van der Waals surface area contributed by atoms with Crippen LogP contribution in [0, 0.1) is 5.92 Å². The molecule has 2 N–H and O–H groups in total. The van der Waals surface area contributed by atoms with Gasteiger partial charge in [0.1, 0.15) is 5.56 Å². The molecule has 8 nitrogen and oxygen atoms in total. The van der Waals surface area contributed by atoms with Crippen molar-refractivity contribution in [1.29, 1.82) is 0 Å². The highest BCUT2D eigenvalue weighted by atomic mass is 19.4. The molecule has 1 fully saturated rings. The van der Waals surface area contributed by atoms with Gasteiger partial charge >= 0.3 is 18.2 Å². The maximum Gasteiger partial charge on any atom is 0.420 e. The Balaban J connectivity index is 1.74. The normalized spacial score (nSPS) is 17.6. The van der Waals surface area contributed by atoms with Crippen LogP contribution in [0.4, 0.5) is 23.8 Å². The van der Waals surface area contributed by atoms with Crippen molar-refractivity contribution >= 4 is 17.8 Å². The number of hydrogen-bond donors (Lipinski definition) is 2. The second-order valence-electron chi connectivity index (χ2n) is 6.07. The Morgan fingerprint density at radius 3 is 2.78 bits per heavy atom. The van der Waals surface area contributed by atoms with Gasteiger partial charge in [0.2, 0.25) is 0 Å². The van der Waals surface area contributed by atoms with E-state index in [1.165, 1.54) is 29.4 Å². The van der Waals surface area contributed by atoms with Crippen LogP contribution in [0.3, 0.4) is 0 Å². The first-order valence-electron chi connectivity index (χ1n) is 8.12. The van der Waals surface area contributed by atoms with E-state index in [1.54, 1.807) is 0 Å². The molecule has 2 aromatic heterocycles. The summed E-state index contributed by atoms with van der Waals surface area (Å²) in [4.78, 5) is 28.4. The van der Waals surface area contributed by atoms with Gasteiger partial charge in [0.05, 0.1) is 5.92 Å². The molecule has 1 aliphatic heterocycles. The molecular weight excluding hydrogens is 367 g/mol. The van der Waals surface area contributed by atoms with Crippen LogP contribution in [-0.2, 0) is 11.0 Å². The molecule has 0 saturated carbocycles. The lowest BCUT2D eigenvalue weighted by Crippen LogP contribution is -2.44. The number of amides is 2. The van der Waals surface area contributed by atoms with E-state index in [2.05, 4.69) is 15.4 Å². The summed E-state index contributed by atoms with van der Waals surface area (Å²) >= 11 is 0. The Morgan fingerprint density at radius 2 is 2.07 bits per heavy atom. The van der Waals surface area contributed by atoms with Crippen LogP contribution in [0.15, 0.2) is 30.6 Å². The molecule has 3 rings (SSSR count). The first-order valence-corrected chi connectivity index (χ1v) is 8.12. The van der Waals surface area contributed by atoms with Crippen molar-refractivity contribution in [3.63, 3.8) is 0 Å². The van der Waals surface area contributed by atoms with Gasteiger partial charge in [-0.25, -0.2) is 14.5 Å². The zero-order chi connectivity index (χ0) is 19.6. The molecule has 0 aliphatic carbocycles. The average Bonchev–Trinajstić information content (AvgIpc) is 3.09. The van der Waals surface area contributed by atoms with Gasteiger partial charge in [0.15, 0.2) is 11.6 Å². The second-order valence-corrected chi connectivity index (χ2v) is 6.07. The minimum Gasteiger partial charge on any atom is -0.481 e. The number of urea groups is 1. The summed E-state index contributed by atoms with van der Waals surface area (Å²) in [7, 11) is 0. The van der Waals surface area contributed by atoms with Gasteiger partial charge in [0, 0.05) is 31.5 Å². The molecule has 3 heterocycles. The standard InChI is InChI=1S/C16H16F3N5O3/c17-16(18,19)11-4-1-6-20-13(11)24-8-5-12(22-24)21-15(27)23-7-2-3-10(9-23)14(25)26/h1,4-6,8,10H,2-3,7,9H2,(H,25,26)(H,21,22,27). The number of carboxylic acid groups (broad SMARTS) is 1. The first-order chi connectivity index (χ1) is 12.8. The fourth-order valence-corrected chi connectivity index (χ4v) is 2.86. The van der Waals surface area contributed by atoms with Crippen LogP contribution in [0.2, 0.25) is 0 Å². The Labute approximate surface area is 151 Å². The summed E-state index contributed by atoms with van der Waals surface area (Å²) in [6, 6.07) is 2.85. The predicted octanol–water partition coefficient (Wildman–Crippen LogP) is 2.61. The summed E-state index contributed by atoms with van der Waals surface area (Å²) in [6.45, 7) is 0.467. The van der Waals surface area contributed by atoms with Crippen molar-refractivity contribution in [2.45, 2.75) is 19.0 Å². The van der Waals surface area contributed by atoms with E-state index >= 15 is 0 Å². The van der Waals surface area contributed by atoms with Gasteiger partial charge < -0.3 is 10.0 Å². The topological polar surface area (TPSA) is 100 Å². The predicted molar refractivity (Wildman–Crippen MR) is 87.3 cm³/mol. The summed E-state index contributed by atoms with van der Waals surface area (Å²) < 4.78 is 40.2. The highest BCUT2D eigenvalue weighted by molar-refractivity contribution is 5.88. The lowest BCUT2D eigenvalue weighted by molar-refractivity contribution is -0.143. The van der Waals surface area contributed by atoms with Crippen LogP contribution >= 0.6 is 0 Å². The highest BCUT2D eigenvalue weighted by Crippen LogP contribution is 2.32. The van der Waals surface area contributed by atoms with Gasteiger partial charge in [-0.3, -0.25) is 10.1 Å². The summed E-state index contributed by atoms with van der Waals surface area (Å²) in [5, 5.41) is 15.5. The quantitative estimate of drug-likeness (QED) is 0.849. The number of nitrogens with one attached hydrogen (secondary N) is 1. The molecule has 11 heteroatoms.